The first-order valence-electron chi connectivity index (χ1n) is 4.48. The fourth-order valence-electron chi connectivity index (χ4n) is 0.984. The van der Waals surface area contributed by atoms with E-state index in [2.05, 4.69) is 6.92 Å². The third-order valence-corrected chi connectivity index (χ3v) is 1.73. The lowest BCUT2D eigenvalue weighted by atomic mass is 10.1. The van der Waals surface area contributed by atoms with Crippen molar-refractivity contribution in [1.82, 2.24) is 0 Å². The van der Waals surface area contributed by atoms with Crippen LogP contribution in [0.5, 0.6) is 0 Å². The van der Waals surface area contributed by atoms with E-state index in [1.807, 2.05) is 12.2 Å². The van der Waals surface area contributed by atoms with Gasteiger partial charge in [-0.3, -0.25) is 0 Å². The fraction of sp³-hybridized carbons (Fsp3) is 0.700. The van der Waals surface area contributed by atoms with Crippen molar-refractivity contribution in [2.45, 2.75) is 38.7 Å². The number of rotatable bonds is 7. The summed E-state index contributed by atoms with van der Waals surface area (Å²) in [5.74, 6) is 0. The molecular formula is C10H18O2. The quantitative estimate of drug-likeness (QED) is 0.433. The second-order valence-electron chi connectivity index (χ2n) is 2.75. The third kappa shape index (κ3) is 6.10. The molecule has 0 aliphatic heterocycles. The van der Waals surface area contributed by atoms with Crippen LogP contribution in [0.2, 0.25) is 0 Å². The SMILES string of the molecule is CCCCC(C=CCC=O)OC. The molecule has 12 heavy (non-hydrogen) atoms. The summed E-state index contributed by atoms with van der Waals surface area (Å²) in [6, 6.07) is 0. The van der Waals surface area contributed by atoms with Gasteiger partial charge in [-0.05, 0) is 6.42 Å². The summed E-state index contributed by atoms with van der Waals surface area (Å²) in [6.45, 7) is 2.15. The molecule has 1 unspecified atom stereocenters. The normalized spacial score (nSPS) is 13.5. The number of allylic oxidation sites excluding steroid dienone is 1. The zero-order chi connectivity index (χ0) is 9.23. The Labute approximate surface area is 74.6 Å². The Kier molecular flexibility index (Phi) is 8.02. The van der Waals surface area contributed by atoms with Gasteiger partial charge in [-0.1, -0.05) is 31.9 Å². The molecule has 0 aromatic heterocycles. The number of carbonyl (C=O) groups excluding carboxylic acids is 1. The largest absolute Gasteiger partial charge is 0.377 e. The van der Waals surface area contributed by atoms with Crippen LogP contribution in [0.3, 0.4) is 0 Å². The summed E-state index contributed by atoms with van der Waals surface area (Å²) in [5.41, 5.74) is 0. The van der Waals surface area contributed by atoms with E-state index in [4.69, 9.17) is 4.74 Å². The van der Waals surface area contributed by atoms with Crippen molar-refractivity contribution in [2.75, 3.05) is 7.11 Å². The van der Waals surface area contributed by atoms with E-state index in [-0.39, 0.29) is 6.10 Å². The zero-order valence-corrected chi connectivity index (χ0v) is 7.95. The molecule has 0 saturated carbocycles. The summed E-state index contributed by atoms with van der Waals surface area (Å²) in [6.07, 6.45) is 8.79. The van der Waals surface area contributed by atoms with Crippen LogP contribution in [0.15, 0.2) is 12.2 Å². The summed E-state index contributed by atoms with van der Waals surface area (Å²) in [7, 11) is 1.70. The Bertz CT molecular complexity index is 130. The van der Waals surface area contributed by atoms with Crippen LogP contribution >= 0.6 is 0 Å². The highest BCUT2D eigenvalue weighted by Crippen LogP contribution is 2.05. The van der Waals surface area contributed by atoms with Crippen LogP contribution in [-0.4, -0.2) is 19.5 Å². The van der Waals surface area contributed by atoms with Gasteiger partial charge in [0.25, 0.3) is 0 Å². The maximum Gasteiger partial charge on any atom is 0.123 e. The van der Waals surface area contributed by atoms with E-state index in [9.17, 15) is 4.79 Å². The van der Waals surface area contributed by atoms with Gasteiger partial charge >= 0.3 is 0 Å². The topological polar surface area (TPSA) is 26.3 Å². The van der Waals surface area contributed by atoms with Gasteiger partial charge in [0.15, 0.2) is 0 Å². The first kappa shape index (κ1) is 11.4. The molecule has 0 N–H and O–H groups in total. The molecular weight excluding hydrogens is 152 g/mol. The van der Waals surface area contributed by atoms with Crippen LogP contribution in [0.4, 0.5) is 0 Å². The molecule has 0 amide bonds. The van der Waals surface area contributed by atoms with Gasteiger partial charge in [-0.15, -0.1) is 0 Å². The smallest absolute Gasteiger partial charge is 0.123 e. The highest BCUT2D eigenvalue weighted by molar-refractivity contribution is 5.51. The number of ether oxygens (including phenoxy) is 1. The molecule has 2 heteroatoms. The van der Waals surface area contributed by atoms with Crippen molar-refractivity contribution in [2.24, 2.45) is 0 Å². The number of hydrogen-bond donors (Lipinski definition) is 0. The molecule has 0 aliphatic rings. The number of unbranched alkanes of at least 4 members (excludes halogenated alkanes) is 1. The first-order valence-corrected chi connectivity index (χ1v) is 4.48. The lowest BCUT2D eigenvalue weighted by Crippen LogP contribution is -2.05. The molecule has 0 fully saturated rings. The van der Waals surface area contributed by atoms with Crippen LogP contribution in [0.1, 0.15) is 32.6 Å². The Morgan fingerprint density at radius 1 is 1.50 bits per heavy atom. The predicted molar refractivity (Wildman–Crippen MR) is 50.1 cm³/mol. The average molecular weight is 170 g/mol. The van der Waals surface area contributed by atoms with Gasteiger partial charge in [0.05, 0.1) is 6.10 Å². The van der Waals surface area contributed by atoms with E-state index in [0.717, 1.165) is 12.7 Å². The standard InChI is InChI=1S/C10H18O2/c1-3-4-7-10(12-2)8-5-6-9-11/h5,8-10H,3-4,6-7H2,1-2H3. The molecule has 0 radical (unpaired) electrons. The average Bonchev–Trinajstić information content (AvgIpc) is 2.11. The predicted octanol–water partition coefficient (Wildman–Crippen LogP) is 2.34. The maximum atomic E-state index is 10.00. The minimum atomic E-state index is 0.185. The Hall–Kier alpha value is -0.630. The van der Waals surface area contributed by atoms with Crippen LogP contribution in [-0.2, 0) is 9.53 Å². The van der Waals surface area contributed by atoms with E-state index >= 15 is 0 Å². The molecule has 0 aliphatic carbocycles. The lowest BCUT2D eigenvalue weighted by Gasteiger charge is -2.08. The van der Waals surface area contributed by atoms with Crippen molar-refractivity contribution in [1.29, 1.82) is 0 Å². The zero-order valence-electron chi connectivity index (χ0n) is 7.95. The summed E-state index contributed by atoms with van der Waals surface area (Å²) < 4.78 is 5.20. The Morgan fingerprint density at radius 2 is 2.25 bits per heavy atom. The third-order valence-electron chi connectivity index (χ3n) is 1.73. The monoisotopic (exact) mass is 170 g/mol. The Balaban J connectivity index is 3.57. The van der Waals surface area contributed by atoms with Crippen molar-refractivity contribution >= 4 is 6.29 Å². The second-order valence-corrected chi connectivity index (χ2v) is 2.75. The van der Waals surface area contributed by atoms with E-state index in [1.165, 1.54) is 12.8 Å². The summed E-state index contributed by atoms with van der Waals surface area (Å²) in [5, 5.41) is 0. The van der Waals surface area contributed by atoms with Crippen molar-refractivity contribution in [3.05, 3.63) is 12.2 Å². The van der Waals surface area contributed by atoms with Crippen LogP contribution < -0.4 is 0 Å². The van der Waals surface area contributed by atoms with Crippen molar-refractivity contribution in [3.63, 3.8) is 0 Å². The minimum Gasteiger partial charge on any atom is -0.377 e. The molecule has 0 aromatic rings. The van der Waals surface area contributed by atoms with E-state index in [1.54, 1.807) is 7.11 Å². The molecule has 2 nitrogen and oxygen atoms in total. The van der Waals surface area contributed by atoms with Gasteiger partial charge in [-0.25, -0.2) is 0 Å². The summed E-state index contributed by atoms with van der Waals surface area (Å²) in [4.78, 5) is 10.00. The first-order chi connectivity index (χ1) is 5.85. The van der Waals surface area contributed by atoms with Crippen molar-refractivity contribution in [3.8, 4) is 0 Å². The molecule has 0 aromatic carbocycles. The van der Waals surface area contributed by atoms with Gasteiger partial charge in [0.2, 0.25) is 0 Å². The summed E-state index contributed by atoms with van der Waals surface area (Å²) >= 11 is 0. The minimum absolute atomic E-state index is 0.185. The van der Waals surface area contributed by atoms with Crippen LogP contribution in [0, 0.1) is 0 Å². The van der Waals surface area contributed by atoms with E-state index in [0.29, 0.717) is 6.42 Å². The van der Waals surface area contributed by atoms with Gasteiger partial charge in [0.1, 0.15) is 6.29 Å². The molecule has 0 heterocycles. The van der Waals surface area contributed by atoms with Gasteiger partial charge in [-0.2, -0.15) is 0 Å². The lowest BCUT2D eigenvalue weighted by molar-refractivity contribution is -0.107. The molecule has 70 valence electrons. The fourth-order valence-corrected chi connectivity index (χ4v) is 0.984. The number of aldehydes is 1. The van der Waals surface area contributed by atoms with Crippen molar-refractivity contribution < 1.29 is 9.53 Å². The number of methoxy groups -OCH3 is 1. The second kappa shape index (κ2) is 8.47. The molecule has 1 atom stereocenters. The molecule has 0 rings (SSSR count). The Morgan fingerprint density at radius 3 is 2.75 bits per heavy atom. The molecule has 0 saturated heterocycles. The van der Waals surface area contributed by atoms with Gasteiger partial charge < -0.3 is 9.53 Å². The molecule has 0 spiro atoms. The van der Waals surface area contributed by atoms with E-state index < -0.39 is 0 Å². The highest BCUT2D eigenvalue weighted by Gasteiger charge is 1.99. The highest BCUT2D eigenvalue weighted by atomic mass is 16.5. The van der Waals surface area contributed by atoms with Crippen LogP contribution in [0.25, 0.3) is 0 Å². The molecule has 0 bridgehead atoms. The maximum absolute atomic E-state index is 10.00. The number of hydrogen-bond acceptors (Lipinski definition) is 2. The number of carbonyl (C=O) groups is 1. The van der Waals surface area contributed by atoms with Gasteiger partial charge in [0, 0.05) is 13.5 Å².